The summed E-state index contributed by atoms with van der Waals surface area (Å²) in [4.78, 5) is 0. The predicted octanol–water partition coefficient (Wildman–Crippen LogP) is 3.09. The molecule has 1 unspecified atom stereocenters. The maximum atomic E-state index is 4.21. The number of rotatable bonds is 2. The minimum atomic E-state index is 0.356. The van der Waals surface area contributed by atoms with Gasteiger partial charge in [-0.25, -0.2) is 0 Å². The van der Waals surface area contributed by atoms with Crippen LogP contribution < -0.4 is 5.32 Å². The summed E-state index contributed by atoms with van der Waals surface area (Å²) < 4.78 is 0. The van der Waals surface area contributed by atoms with Crippen LogP contribution >= 0.6 is 0 Å². The van der Waals surface area contributed by atoms with E-state index >= 15 is 0 Å². The molecule has 0 aliphatic carbocycles. The van der Waals surface area contributed by atoms with Crippen molar-refractivity contribution in [1.29, 1.82) is 0 Å². The van der Waals surface area contributed by atoms with Gasteiger partial charge in [0.2, 0.25) is 0 Å². The lowest BCUT2D eigenvalue weighted by Crippen LogP contribution is -2.31. The Morgan fingerprint density at radius 1 is 1.40 bits per heavy atom. The highest BCUT2D eigenvalue weighted by atomic mass is 14.9. The number of hydrogen-bond acceptors (Lipinski definition) is 1. The SMILES string of the molecule is C=C(C(C)C)C1NCCc2ccccc21. The molecule has 15 heavy (non-hydrogen) atoms. The van der Waals surface area contributed by atoms with Gasteiger partial charge in [-0.15, -0.1) is 0 Å². The molecule has 1 aliphatic heterocycles. The third-order valence-electron chi connectivity index (χ3n) is 3.22. The van der Waals surface area contributed by atoms with Crippen molar-refractivity contribution in [3.8, 4) is 0 Å². The molecule has 1 aromatic carbocycles. The van der Waals surface area contributed by atoms with Gasteiger partial charge in [-0.05, 0) is 23.5 Å². The van der Waals surface area contributed by atoms with Crippen molar-refractivity contribution in [3.05, 3.63) is 47.5 Å². The summed E-state index contributed by atoms with van der Waals surface area (Å²) in [5.74, 6) is 0.536. The molecule has 0 bridgehead atoms. The monoisotopic (exact) mass is 201 g/mol. The van der Waals surface area contributed by atoms with Gasteiger partial charge in [0.1, 0.15) is 0 Å². The molecule has 0 fully saturated rings. The maximum Gasteiger partial charge on any atom is 0.0538 e. The Morgan fingerprint density at radius 2 is 2.13 bits per heavy atom. The summed E-state index contributed by atoms with van der Waals surface area (Å²) >= 11 is 0. The molecule has 1 heteroatoms. The van der Waals surface area contributed by atoms with E-state index in [9.17, 15) is 0 Å². The highest BCUT2D eigenvalue weighted by molar-refractivity contribution is 5.37. The molecule has 0 spiro atoms. The van der Waals surface area contributed by atoms with Gasteiger partial charge in [-0.1, -0.05) is 50.3 Å². The second-order valence-electron chi connectivity index (χ2n) is 4.57. The van der Waals surface area contributed by atoms with Crippen molar-refractivity contribution in [2.45, 2.75) is 26.3 Å². The molecule has 0 saturated carbocycles. The van der Waals surface area contributed by atoms with Gasteiger partial charge in [0, 0.05) is 6.54 Å². The summed E-state index contributed by atoms with van der Waals surface area (Å²) in [6, 6.07) is 9.05. The topological polar surface area (TPSA) is 12.0 Å². The van der Waals surface area contributed by atoms with E-state index in [1.165, 1.54) is 16.7 Å². The zero-order valence-corrected chi connectivity index (χ0v) is 9.59. The highest BCUT2D eigenvalue weighted by Crippen LogP contribution is 2.30. The van der Waals surface area contributed by atoms with Crippen LogP contribution in [-0.2, 0) is 6.42 Å². The van der Waals surface area contributed by atoms with E-state index in [2.05, 4.69) is 50.0 Å². The normalized spacial score (nSPS) is 20.1. The van der Waals surface area contributed by atoms with Crippen LogP contribution in [0.25, 0.3) is 0 Å². The van der Waals surface area contributed by atoms with Crippen LogP contribution in [0.15, 0.2) is 36.4 Å². The second-order valence-corrected chi connectivity index (χ2v) is 4.57. The number of benzene rings is 1. The van der Waals surface area contributed by atoms with Crippen LogP contribution in [0.3, 0.4) is 0 Å². The van der Waals surface area contributed by atoms with E-state index in [-0.39, 0.29) is 0 Å². The first-order chi connectivity index (χ1) is 7.20. The second kappa shape index (κ2) is 4.19. The molecule has 1 nitrogen and oxygen atoms in total. The first kappa shape index (κ1) is 10.4. The Hall–Kier alpha value is -1.08. The zero-order chi connectivity index (χ0) is 10.8. The third kappa shape index (κ3) is 1.98. The van der Waals surface area contributed by atoms with Gasteiger partial charge in [0.05, 0.1) is 6.04 Å². The van der Waals surface area contributed by atoms with E-state index < -0.39 is 0 Å². The molecule has 80 valence electrons. The summed E-state index contributed by atoms with van der Waals surface area (Å²) in [7, 11) is 0. The number of hydrogen-bond donors (Lipinski definition) is 1. The molecule has 2 rings (SSSR count). The lowest BCUT2D eigenvalue weighted by molar-refractivity contribution is 0.519. The van der Waals surface area contributed by atoms with E-state index in [1.54, 1.807) is 0 Å². The van der Waals surface area contributed by atoms with Gasteiger partial charge < -0.3 is 5.32 Å². The van der Waals surface area contributed by atoms with Crippen molar-refractivity contribution >= 4 is 0 Å². The van der Waals surface area contributed by atoms with E-state index in [0.29, 0.717) is 12.0 Å². The Kier molecular flexibility index (Phi) is 2.92. The smallest absolute Gasteiger partial charge is 0.0538 e. The average molecular weight is 201 g/mol. The van der Waals surface area contributed by atoms with Crippen LogP contribution in [0, 0.1) is 5.92 Å². The Balaban J connectivity index is 2.34. The first-order valence-electron chi connectivity index (χ1n) is 5.70. The molecule has 1 atom stereocenters. The Morgan fingerprint density at radius 3 is 2.87 bits per heavy atom. The van der Waals surface area contributed by atoms with E-state index in [0.717, 1.165) is 13.0 Å². The summed E-state index contributed by atoms with van der Waals surface area (Å²) in [5, 5.41) is 3.56. The summed E-state index contributed by atoms with van der Waals surface area (Å²) in [5.41, 5.74) is 4.19. The largest absolute Gasteiger partial charge is 0.306 e. The Bertz CT molecular complexity index is 365. The van der Waals surface area contributed by atoms with Gasteiger partial charge in [-0.3, -0.25) is 0 Å². The maximum absolute atomic E-state index is 4.21. The van der Waals surface area contributed by atoms with Gasteiger partial charge in [0.15, 0.2) is 0 Å². The highest BCUT2D eigenvalue weighted by Gasteiger charge is 2.22. The quantitative estimate of drug-likeness (QED) is 0.725. The standard InChI is InChI=1S/C14H19N/c1-10(2)11(3)14-13-7-5-4-6-12(13)8-9-15-14/h4-7,10,14-15H,3,8-9H2,1-2H3. The van der Waals surface area contributed by atoms with Crippen LogP contribution in [0.2, 0.25) is 0 Å². The summed E-state index contributed by atoms with van der Waals surface area (Å²) in [6.45, 7) is 9.70. The van der Waals surface area contributed by atoms with Gasteiger partial charge in [-0.2, -0.15) is 0 Å². The fourth-order valence-electron chi connectivity index (χ4n) is 2.17. The van der Waals surface area contributed by atoms with Crippen LogP contribution in [0.5, 0.6) is 0 Å². The molecule has 1 N–H and O–H groups in total. The van der Waals surface area contributed by atoms with Crippen molar-refractivity contribution in [1.82, 2.24) is 5.32 Å². The number of nitrogens with one attached hydrogen (secondary N) is 1. The van der Waals surface area contributed by atoms with E-state index in [4.69, 9.17) is 0 Å². The molecule has 1 heterocycles. The predicted molar refractivity (Wildman–Crippen MR) is 64.9 cm³/mol. The lowest BCUT2D eigenvalue weighted by atomic mass is 9.86. The third-order valence-corrected chi connectivity index (χ3v) is 3.22. The molecular formula is C14H19N. The summed E-state index contributed by atoms with van der Waals surface area (Å²) in [6.07, 6.45) is 1.14. The first-order valence-corrected chi connectivity index (χ1v) is 5.70. The fourth-order valence-corrected chi connectivity index (χ4v) is 2.17. The van der Waals surface area contributed by atoms with E-state index in [1.807, 2.05) is 0 Å². The Labute approximate surface area is 92.2 Å². The van der Waals surface area contributed by atoms with Crippen molar-refractivity contribution in [3.63, 3.8) is 0 Å². The van der Waals surface area contributed by atoms with Crippen molar-refractivity contribution < 1.29 is 0 Å². The molecule has 0 saturated heterocycles. The zero-order valence-electron chi connectivity index (χ0n) is 9.59. The average Bonchev–Trinajstić information content (AvgIpc) is 2.27. The van der Waals surface area contributed by atoms with Crippen molar-refractivity contribution in [2.24, 2.45) is 5.92 Å². The van der Waals surface area contributed by atoms with Crippen molar-refractivity contribution in [2.75, 3.05) is 6.54 Å². The van der Waals surface area contributed by atoms with Gasteiger partial charge in [0.25, 0.3) is 0 Å². The minimum absolute atomic E-state index is 0.356. The lowest BCUT2D eigenvalue weighted by Gasteiger charge is -2.30. The molecule has 0 aromatic heterocycles. The fraction of sp³-hybridized carbons (Fsp3) is 0.429. The van der Waals surface area contributed by atoms with Gasteiger partial charge >= 0.3 is 0 Å². The van der Waals surface area contributed by atoms with Crippen LogP contribution in [-0.4, -0.2) is 6.54 Å². The van der Waals surface area contributed by atoms with Crippen LogP contribution in [0.1, 0.15) is 31.0 Å². The molecule has 0 amide bonds. The minimum Gasteiger partial charge on any atom is -0.306 e. The molecular weight excluding hydrogens is 182 g/mol. The molecule has 1 aliphatic rings. The molecule has 1 aromatic rings. The van der Waals surface area contributed by atoms with Crippen LogP contribution in [0.4, 0.5) is 0 Å². The molecule has 0 radical (unpaired) electrons. The number of fused-ring (bicyclic) bond motifs is 1.